The molecule has 1 aliphatic heterocycles. The van der Waals surface area contributed by atoms with E-state index < -0.39 is 42.3 Å². The molecule has 20 heteroatoms. The number of rotatable bonds is 4. The van der Waals surface area contributed by atoms with Crippen molar-refractivity contribution >= 4 is 23.8 Å². The third-order valence-electron chi connectivity index (χ3n) is 3.63. The number of nitrogens with one attached hydrogen (secondary N) is 1. The van der Waals surface area contributed by atoms with Gasteiger partial charge in [0.1, 0.15) is 5.82 Å². The third kappa shape index (κ3) is 20.0. The number of morpholine rings is 1. The zero-order valence-corrected chi connectivity index (χ0v) is 19.2. The zero-order valence-electron chi connectivity index (χ0n) is 19.2. The van der Waals surface area contributed by atoms with Crippen LogP contribution in [0.3, 0.4) is 0 Å². The number of aliphatic carboxylic acids is 3. The normalized spacial score (nSPS) is 13.7. The monoisotopic (exact) mass is 594 g/mol. The second-order valence-electron chi connectivity index (χ2n) is 6.63. The van der Waals surface area contributed by atoms with Crippen molar-refractivity contribution in [3.8, 4) is 0 Å². The minimum Gasteiger partial charge on any atom is -0.475 e. The van der Waals surface area contributed by atoms with Crippen molar-refractivity contribution < 1.29 is 83.1 Å². The molecule has 224 valence electrons. The lowest BCUT2D eigenvalue weighted by Gasteiger charge is -2.26. The van der Waals surface area contributed by atoms with Crippen molar-refractivity contribution in [1.82, 2.24) is 10.2 Å². The average molecular weight is 594 g/mol. The standard InChI is InChI=1S/C13H17FN2O2.3C2HF3O2/c14-12-3-1-2-11(10-12)13(17)15-4-5-16-6-8-18-9-7-16;3*3-2(4,5)1(6)7/h1-3,10H,4-9H2,(H,15,17);3*(H,6,7). The van der Waals surface area contributed by atoms with E-state index in [2.05, 4.69) is 10.2 Å². The fraction of sp³-hybridized carbons (Fsp3) is 0.474. The Morgan fingerprint density at radius 3 is 1.51 bits per heavy atom. The number of carboxylic acid groups (broad SMARTS) is 3. The molecule has 0 saturated carbocycles. The van der Waals surface area contributed by atoms with Crippen LogP contribution in [0.5, 0.6) is 0 Å². The van der Waals surface area contributed by atoms with E-state index in [4.69, 9.17) is 34.4 Å². The molecule has 10 nitrogen and oxygen atoms in total. The van der Waals surface area contributed by atoms with Crippen LogP contribution in [0.25, 0.3) is 0 Å². The van der Waals surface area contributed by atoms with E-state index in [1.54, 1.807) is 6.07 Å². The van der Waals surface area contributed by atoms with Crippen LogP contribution in [-0.4, -0.2) is 102 Å². The Balaban J connectivity index is 0. The Bertz CT molecular complexity index is 873. The van der Waals surface area contributed by atoms with Gasteiger partial charge in [0.05, 0.1) is 13.2 Å². The molecular formula is C19H20F10N2O8. The summed E-state index contributed by atoms with van der Waals surface area (Å²) in [7, 11) is 0. The molecule has 39 heavy (non-hydrogen) atoms. The Hall–Kier alpha value is -3.68. The van der Waals surface area contributed by atoms with Crippen LogP contribution in [0.1, 0.15) is 10.4 Å². The number of halogens is 10. The van der Waals surface area contributed by atoms with E-state index in [0.29, 0.717) is 12.1 Å². The number of ether oxygens (including phenoxy) is 1. The van der Waals surface area contributed by atoms with Gasteiger partial charge >= 0.3 is 36.4 Å². The van der Waals surface area contributed by atoms with Gasteiger partial charge in [0.15, 0.2) is 0 Å². The maximum absolute atomic E-state index is 12.9. The van der Waals surface area contributed by atoms with Gasteiger partial charge < -0.3 is 25.4 Å². The van der Waals surface area contributed by atoms with Gasteiger partial charge in [-0.2, -0.15) is 39.5 Å². The van der Waals surface area contributed by atoms with Gasteiger partial charge in [0, 0.05) is 31.7 Å². The number of hydrogen-bond acceptors (Lipinski definition) is 6. The molecule has 4 N–H and O–H groups in total. The Morgan fingerprint density at radius 1 is 0.795 bits per heavy atom. The van der Waals surface area contributed by atoms with Gasteiger partial charge in [0.2, 0.25) is 0 Å². The predicted octanol–water partition coefficient (Wildman–Crippen LogP) is 2.79. The van der Waals surface area contributed by atoms with Gasteiger partial charge in [-0.05, 0) is 18.2 Å². The van der Waals surface area contributed by atoms with Crippen LogP contribution in [0.15, 0.2) is 24.3 Å². The van der Waals surface area contributed by atoms with E-state index in [1.165, 1.54) is 18.2 Å². The first-order valence-corrected chi connectivity index (χ1v) is 9.83. The van der Waals surface area contributed by atoms with Crippen molar-refractivity contribution in [1.29, 1.82) is 0 Å². The maximum Gasteiger partial charge on any atom is 0.490 e. The van der Waals surface area contributed by atoms with Gasteiger partial charge in [-0.3, -0.25) is 9.69 Å². The molecule has 0 radical (unpaired) electrons. The lowest BCUT2D eigenvalue weighted by atomic mass is 10.2. The van der Waals surface area contributed by atoms with Crippen LogP contribution in [0.2, 0.25) is 0 Å². The minimum absolute atomic E-state index is 0.234. The SMILES string of the molecule is O=C(NCCN1CCOCC1)c1cccc(F)c1.O=C(O)C(F)(F)F.O=C(O)C(F)(F)F.O=C(O)C(F)(F)F. The largest absolute Gasteiger partial charge is 0.490 e. The average Bonchev–Trinajstić information content (AvgIpc) is 2.79. The summed E-state index contributed by atoms with van der Waals surface area (Å²) in [4.78, 5) is 40.6. The number of nitrogens with zero attached hydrogens (tertiary/aromatic N) is 1. The number of amides is 1. The second kappa shape index (κ2) is 17.0. The van der Waals surface area contributed by atoms with E-state index in [-0.39, 0.29) is 5.91 Å². The number of benzene rings is 1. The van der Waals surface area contributed by atoms with E-state index in [1.807, 2.05) is 0 Å². The van der Waals surface area contributed by atoms with Gasteiger partial charge in [-0.25, -0.2) is 18.8 Å². The second-order valence-corrected chi connectivity index (χ2v) is 6.63. The van der Waals surface area contributed by atoms with Crippen molar-refractivity contribution in [2.45, 2.75) is 18.5 Å². The summed E-state index contributed by atoms with van der Waals surface area (Å²) in [5.41, 5.74) is 0.358. The summed E-state index contributed by atoms with van der Waals surface area (Å²) in [6, 6.07) is 5.70. The van der Waals surface area contributed by atoms with Crippen molar-refractivity contribution in [3.63, 3.8) is 0 Å². The quantitative estimate of drug-likeness (QED) is 0.386. The summed E-state index contributed by atoms with van der Waals surface area (Å²) in [6.45, 7) is 4.65. The predicted molar refractivity (Wildman–Crippen MR) is 107 cm³/mol. The summed E-state index contributed by atoms with van der Waals surface area (Å²) >= 11 is 0. The fourth-order valence-electron chi connectivity index (χ4n) is 1.88. The van der Waals surface area contributed by atoms with E-state index in [0.717, 1.165) is 32.8 Å². The van der Waals surface area contributed by atoms with Crippen molar-refractivity contribution in [2.75, 3.05) is 39.4 Å². The molecule has 0 atom stereocenters. The summed E-state index contributed by atoms with van der Waals surface area (Å²) in [5.74, 6) is -8.90. The molecule has 1 heterocycles. The van der Waals surface area contributed by atoms with Crippen LogP contribution in [-0.2, 0) is 19.1 Å². The molecule has 1 amide bonds. The number of alkyl halides is 9. The molecule has 0 spiro atoms. The maximum atomic E-state index is 12.9. The van der Waals surface area contributed by atoms with Gasteiger partial charge in [0.25, 0.3) is 5.91 Å². The molecule has 1 fully saturated rings. The molecule has 2 rings (SSSR count). The lowest BCUT2D eigenvalue weighted by molar-refractivity contribution is -0.193. The van der Waals surface area contributed by atoms with Crippen molar-refractivity contribution in [2.24, 2.45) is 0 Å². The molecule has 0 bridgehead atoms. The molecule has 1 aromatic rings. The molecule has 0 aromatic heterocycles. The number of carboxylic acids is 3. The van der Waals surface area contributed by atoms with E-state index >= 15 is 0 Å². The highest BCUT2D eigenvalue weighted by atomic mass is 19.4. The number of hydrogen-bond donors (Lipinski definition) is 4. The van der Waals surface area contributed by atoms with Crippen molar-refractivity contribution in [3.05, 3.63) is 35.6 Å². The topological polar surface area (TPSA) is 153 Å². The minimum atomic E-state index is -5.08. The highest BCUT2D eigenvalue weighted by Crippen LogP contribution is 2.14. The first kappa shape index (κ1) is 37.5. The van der Waals surface area contributed by atoms with Crippen LogP contribution in [0.4, 0.5) is 43.9 Å². The molecule has 0 aliphatic carbocycles. The molecule has 0 unspecified atom stereocenters. The van der Waals surface area contributed by atoms with E-state index in [9.17, 15) is 48.7 Å². The summed E-state index contributed by atoms with van der Waals surface area (Å²) in [6.07, 6.45) is -15.3. The molecule has 1 saturated heterocycles. The lowest BCUT2D eigenvalue weighted by Crippen LogP contribution is -2.41. The summed E-state index contributed by atoms with van der Waals surface area (Å²) in [5, 5.41) is 24.2. The van der Waals surface area contributed by atoms with Crippen LogP contribution >= 0.6 is 0 Å². The molecule has 1 aromatic carbocycles. The Kier molecular flexibility index (Phi) is 16.3. The summed E-state index contributed by atoms with van der Waals surface area (Å²) < 4.78 is 113. The fourth-order valence-corrected chi connectivity index (χ4v) is 1.88. The Labute approximate surface area is 211 Å². The number of carbonyl (C=O) groups excluding carboxylic acids is 1. The highest BCUT2D eigenvalue weighted by Gasteiger charge is 2.39. The number of carbonyl (C=O) groups is 4. The zero-order chi connectivity index (χ0) is 31.0. The first-order chi connectivity index (χ1) is 17.6. The van der Waals surface area contributed by atoms with Crippen LogP contribution < -0.4 is 5.32 Å². The third-order valence-corrected chi connectivity index (χ3v) is 3.63. The Morgan fingerprint density at radius 2 is 1.18 bits per heavy atom. The smallest absolute Gasteiger partial charge is 0.475 e. The molecule has 1 aliphatic rings. The van der Waals surface area contributed by atoms with Gasteiger partial charge in [-0.15, -0.1) is 0 Å². The van der Waals surface area contributed by atoms with Gasteiger partial charge in [-0.1, -0.05) is 6.07 Å². The molecular weight excluding hydrogens is 574 g/mol. The van der Waals surface area contributed by atoms with Crippen LogP contribution in [0, 0.1) is 5.82 Å². The first-order valence-electron chi connectivity index (χ1n) is 9.83. The highest BCUT2D eigenvalue weighted by molar-refractivity contribution is 5.94.